The maximum Gasteiger partial charge on any atom is 0.410 e. The van der Waals surface area contributed by atoms with Gasteiger partial charge >= 0.3 is 6.09 Å². The first-order valence-corrected chi connectivity index (χ1v) is 8.78. The molecule has 2 fully saturated rings. The number of carbonyl (C=O) groups is 1. The van der Waals surface area contributed by atoms with Gasteiger partial charge in [0.15, 0.2) is 5.15 Å². The molecule has 1 amide bonds. The Kier molecular flexibility index (Phi) is 4.60. The summed E-state index contributed by atoms with van der Waals surface area (Å²) in [7, 11) is 0. The Hall–Kier alpha value is -1.56. The first kappa shape index (κ1) is 17.3. The molecule has 7 heteroatoms. The molecule has 2 aliphatic heterocycles. The summed E-state index contributed by atoms with van der Waals surface area (Å²) in [5.74, 6) is 0.626. The molecule has 4 atom stereocenters. The van der Waals surface area contributed by atoms with Crippen LogP contribution in [0.2, 0.25) is 5.15 Å². The van der Waals surface area contributed by atoms with E-state index in [1.807, 2.05) is 25.7 Å². The molecule has 2 bridgehead atoms. The predicted molar refractivity (Wildman–Crippen MR) is 90.1 cm³/mol. The fourth-order valence-electron chi connectivity index (χ4n) is 3.68. The first-order chi connectivity index (χ1) is 11.2. The molecule has 0 aromatic carbocycles. The number of hydrogen-bond donors (Lipinski definition) is 0. The van der Waals surface area contributed by atoms with Crippen LogP contribution in [0.3, 0.4) is 0 Å². The Morgan fingerprint density at radius 2 is 2.08 bits per heavy atom. The number of fused-ring (bicyclic) bond motifs is 2. The van der Waals surface area contributed by atoms with Gasteiger partial charge in [-0.1, -0.05) is 18.5 Å². The number of aromatic nitrogens is 2. The second kappa shape index (κ2) is 6.39. The lowest BCUT2D eigenvalue weighted by Crippen LogP contribution is -2.55. The normalized spacial score (nSPS) is 29.5. The van der Waals surface area contributed by atoms with E-state index in [1.54, 1.807) is 6.20 Å². The zero-order valence-corrected chi connectivity index (χ0v) is 15.3. The fraction of sp³-hybridized carbons (Fsp3) is 0.706. The van der Waals surface area contributed by atoms with E-state index >= 15 is 0 Å². The highest BCUT2D eigenvalue weighted by atomic mass is 35.5. The fourth-order valence-corrected chi connectivity index (χ4v) is 3.82. The third-order valence-corrected chi connectivity index (χ3v) is 4.89. The summed E-state index contributed by atoms with van der Waals surface area (Å²) in [6.45, 7) is 7.80. The second-order valence-electron chi connectivity index (χ2n) is 7.62. The van der Waals surface area contributed by atoms with Gasteiger partial charge in [-0.25, -0.2) is 4.79 Å². The molecule has 0 spiro atoms. The molecule has 0 unspecified atom stereocenters. The third kappa shape index (κ3) is 3.58. The van der Waals surface area contributed by atoms with Crippen LogP contribution >= 0.6 is 11.6 Å². The van der Waals surface area contributed by atoms with E-state index in [2.05, 4.69) is 16.9 Å². The molecule has 1 aromatic rings. The standard InChI is InChI=1S/C17H24ClN3O3/c1-10-12-6-5-11(21(12)16(22)24-17(2,3)4)7-13(10)23-15-9-19-8-14(18)20-15/h8-13H,5-7H2,1-4H3/t10-,11+,12-,13+/m0/s1. The number of halogens is 1. The van der Waals surface area contributed by atoms with Crippen molar-refractivity contribution in [3.63, 3.8) is 0 Å². The molecule has 2 saturated heterocycles. The summed E-state index contributed by atoms with van der Waals surface area (Å²) >= 11 is 5.87. The van der Waals surface area contributed by atoms with Crippen LogP contribution in [0.25, 0.3) is 0 Å². The summed E-state index contributed by atoms with van der Waals surface area (Å²) in [5, 5.41) is 0.314. The molecule has 3 rings (SSSR count). The molecule has 0 saturated carbocycles. The van der Waals surface area contributed by atoms with Gasteiger partial charge in [-0.3, -0.25) is 4.98 Å². The Bertz CT molecular complexity index is 619. The number of rotatable bonds is 2. The van der Waals surface area contributed by atoms with Gasteiger partial charge in [-0.2, -0.15) is 4.98 Å². The predicted octanol–water partition coefficient (Wildman–Crippen LogP) is 3.69. The monoisotopic (exact) mass is 353 g/mol. The maximum absolute atomic E-state index is 12.6. The van der Waals surface area contributed by atoms with Crippen LogP contribution in [0, 0.1) is 5.92 Å². The van der Waals surface area contributed by atoms with E-state index < -0.39 is 5.60 Å². The van der Waals surface area contributed by atoms with E-state index in [0.717, 1.165) is 19.3 Å². The molecule has 0 N–H and O–H groups in total. The molecule has 0 radical (unpaired) electrons. The Labute approximate surface area is 147 Å². The average Bonchev–Trinajstić information content (AvgIpc) is 2.81. The zero-order valence-electron chi connectivity index (χ0n) is 14.5. The highest BCUT2D eigenvalue weighted by Crippen LogP contribution is 2.41. The molecule has 3 heterocycles. The zero-order chi connectivity index (χ0) is 17.5. The number of piperidine rings is 1. The first-order valence-electron chi connectivity index (χ1n) is 8.40. The highest BCUT2D eigenvalue weighted by molar-refractivity contribution is 6.29. The van der Waals surface area contributed by atoms with Gasteiger partial charge in [0.1, 0.15) is 11.7 Å². The van der Waals surface area contributed by atoms with E-state index in [4.69, 9.17) is 21.1 Å². The lowest BCUT2D eigenvalue weighted by molar-refractivity contribution is -0.0273. The van der Waals surface area contributed by atoms with Crippen LogP contribution in [0.4, 0.5) is 4.79 Å². The van der Waals surface area contributed by atoms with Crippen molar-refractivity contribution in [1.29, 1.82) is 0 Å². The molecular formula is C17H24ClN3O3. The number of ether oxygens (including phenoxy) is 2. The molecule has 1 aromatic heterocycles. The number of carbonyl (C=O) groups excluding carboxylic acids is 1. The van der Waals surface area contributed by atoms with Crippen molar-refractivity contribution in [3.8, 4) is 5.88 Å². The molecule has 0 aliphatic carbocycles. The molecule has 6 nitrogen and oxygen atoms in total. The van der Waals surface area contributed by atoms with Crippen molar-refractivity contribution < 1.29 is 14.3 Å². The minimum atomic E-state index is -0.483. The van der Waals surface area contributed by atoms with Gasteiger partial charge in [-0.05, 0) is 33.6 Å². The van der Waals surface area contributed by atoms with Gasteiger partial charge in [0.05, 0.1) is 12.4 Å². The molecule has 24 heavy (non-hydrogen) atoms. The summed E-state index contributed by atoms with van der Waals surface area (Å²) in [6, 6.07) is 0.286. The quantitative estimate of drug-likeness (QED) is 0.811. The van der Waals surface area contributed by atoms with Crippen molar-refractivity contribution in [2.45, 2.75) is 70.7 Å². The van der Waals surface area contributed by atoms with E-state index in [1.165, 1.54) is 6.20 Å². The van der Waals surface area contributed by atoms with Crippen molar-refractivity contribution in [3.05, 3.63) is 17.5 Å². The van der Waals surface area contributed by atoms with Gasteiger partial charge in [0.25, 0.3) is 0 Å². The van der Waals surface area contributed by atoms with Crippen LogP contribution in [0.1, 0.15) is 47.0 Å². The summed E-state index contributed by atoms with van der Waals surface area (Å²) in [4.78, 5) is 22.6. The number of amides is 1. The van der Waals surface area contributed by atoms with Crippen LogP contribution in [0.5, 0.6) is 5.88 Å². The third-order valence-electron chi connectivity index (χ3n) is 4.70. The topological polar surface area (TPSA) is 64.6 Å². The number of hydrogen-bond acceptors (Lipinski definition) is 5. The van der Waals surface area contributed by atoms with Crippen molar-refractivity contribution >= 4 is 17.7 Å². The van der Waals surface area contributed by atoms with Crippen LogP contribution in [-0.2, 0) is 4.74 Å². The van der Waals surface area contributed by atoms with Crippen LogP contribution < -0.4 is 4.74 Å². The second-order valence-corrected chi connectivity index (χ2v) is 8.00. The van der Waals surface area contributed by atoms with Gasteiger partial charge in [0, 0.05) is 24.4 Å². The molecule has 132 valence electrons. The lowest BCUT2D eigenvalue weighted by Gasteiger charge is -2.43. The summed E-state index contributed by atoms with van der Waals surface area (Å²) < 4.78 is 11.6. The Morgan fingerprint density at radius 3 is 2.75 bits per heavy atom. The lowest BCUT2D eigenvalue weighted by atomic mass is 9.89. The summed E-state index contributed by atoms with van der Waals surface area (Å²) in [6.07, 6.45) is 5.55. The molecule has 2 aliphatic rings. The van der Waals surface area contributed by atoms with Crippen molar-refractivity contribution in [1.82, 2.24) is 14.9 Å². The van der Waals surface area contributed by atoms with E-state index in [0.29, 0.717) is 11.0 Å². The largest absolute Gasteiger partial charge is 0.473 e. The van der Waals surface area contributed by atoms with Crippen LogP contribution in [0.15, 0.2) is 12.4 Å². The van der Waals surface area contributed by atoms with Crippen molar-refractivity contribution in [2.24, 2.45) is 5.92 Å². The molecular weight excluding hydrogens is 330 g/mol. The Morgan fingerprint density at radius 1 is 1.33 bits per heavy atom. The van der Waals surface area contributed by atoms with E-state index in [-0.39, 0.29) is 30.2 Å². The smallest absolute Gasteiger partial charge is 0.410 e. The average molecular weight is 354 g/mol. The highest BCUT2D eigenvalue weighted by Gasteiger charge is 2.49. The minimum Gasteiger partial charge on any atom is -0.473 e. The van der Waals surface area contributed by atoms with Crippen LogP contribution in [-0.4, -0.2) is 44.7 Å². The van der Waals surface area contributed by atoms with Crippen molar-refractivity contribution in [2.75, 3.05) is 0 Å². The SMILES string of the molecule is C[C@@H]1[C@H](Oc2cncc(Cl)n2)C[C@H]2CC[C@@H]1N2C(=O)OC(C)(C)C. The summed E-state index contributed by atoms with van der Waals surface area (Å²) in [5.41, 5.74) is -0.483. The van der Waals surface area contributed by atoms with Gasteiger partial charge in [0.2, 0.25) is 5.88 Å². The Balaban J connectivity index is 1.71. The van der Waals surface area contributed by atoms with Gasteiger partial charge in [-0.15, -0.1) is 0 Å². The minimum absolute atomic E-state index is 0.00560. The van der Waals surface area contributed by atoms with Gasteiger partial charge < -0.3 is 14.4 Å². The number of nitrogens with zero attached hydrogens (tertiary/aromatic N) is 3. The van der Waals surface area contributed by atoms with E-state index in [9.17, 15) is 4.79 Å². The maximum atomic E-state index is 12.6.